The molecule has 0 aliphatic carbocycles. The maximum absolute atomic E-state index is 11.9. The number of nitrogens with zero attached hydrogens (tertiary/aromatic N) is 1. The molecule has 142 valence electrons. The van der Waals surface area contributed by atoms with Gasteiger partial charge in [0.25, 0.3) is 5.91 Å². The number of halogens is 1. The van der Waals surface area contributed by atoms with Crippen LogP contribution in [0.1, 0.15) is 23.1 Å². The molecule has 1 N–H and O–H groups in total. The lowest BCUT2D eigenvalue weighted by atomic mass is 10.1. The van der Waals surface area contributed by atoms with Gasteiger partial charge >= 0.3 is 0 Å². The molecule has 1 aliphatic rings. The summed E-state index contributed by atoms with van der Waals surface area (Å²) >= 11 is 6.23. The Labute approximate surface area is 163 Å². The third-order valence-corrected chi connectivity index (χ3v) is 4.07. The highest BCUT2D eigenvalue weighted by atomic mass is 35.5. The molecule has 0 spiro atoms. The quantitative estimate of drug-likeness (QED) is 0.627. The Kier molecular flexibility index (Phi) is 6.19. The van der Waals surface area contributed by atoms with Crippen LogP contribution in [0.3, 0.4) is 0 Å². The highest BCUT2D eigenvalue weighted by Crippen LogP contribution is 2.37. The predicted octanol–water partition coefficient (Wildman–Crippen LogP) is 3.65. The molecule has 0 atom stereocenters. The Morgan fingerprint density at radius 2 is 1.93 bits per heavy atom. The average molecular weight is 389 g/mol. The summed E-state index contributed by atoms with van der Waals surface area (Å²) in [4.78, 5) is 11.9. The van der Waals surface area contributed by atoms with Crippen molar-refractivity contribution in [2.24, 2.45) is 5.10 Å². The Hall–Kier alpha value is -2.73. The Bertz CT molecular complexity index is 847. The number of carbonyl (C=O) groups is 1. The van der Waals surface area contributed by atoms with Gasteiger partial charge in [-0.1, -0.05) is 17.7 Å². The normalized spacial score (nSPS) is 13.3. The number of fused-ring (bicyclic) bond motifs is 1. The number of hydrazone groups is 1. The largest absolute Gasteiger partial charge is 0.489 e. The number of aryl methyl sites for hydroxylation is 2. The van der Waals surface area contributed by atoms with Gasteiger partial charge in [-0.05, 0) is 54.8 Å². The second-order valence-electron chi connectivity index (χ2n) is 6.29. The summed E-state index contributed by atoms with van der Waals surface area (Å²) in [7, 11) is 0. The molecule has 1 aliphatic heterocycles. The van der Waals surface area contributed by atoms with Crippen molar-refractivity contribution in [1.29, 1.82) is 0 Å². The van der Waals surface area contributed by atoms with E-state index >= 15 is 0 Å². The van der Waals surface area contributed by atoms with Crippen LogP contribution >= 0.6 is 11.6 Å². The van der Waals surface area contributed by atoms with Crippen LogP contribution in [0.25, 0.3) is 0 Å². The summed E-state index contributed by atoms with van der Waals surface area (Å²) in [6.07, 6.45) is 2.29. The summed E-state index contributed by atoms with van der Waals surface area (Å²) in [5.41, 5.74) is 5.28. The van der Waals surface area contributed by atoms with Crippen molar-refractivity contribution >= 4 is 23.7 Å². The molecule has 3 rings (SSSR count). The molecule has 2 aromatic carbocycles. The highest BCUT2D eigenvalue weighted by molar-refractivity contribution is 6.32. The molecule has 6 nitrogen and oxygen atoms in total. The van der Waals surface area contributed by atoms with E-state index in [1.807, 2.05) is 32.0 Å². The van der Waals surface area contributed by atoms with Crippen molar-refractivity contribution in [3.05, 3.63) is 52.0 Å². The summed E-state index contributed by atoms with van der Waals surface area (Å²) in [6, 6.07) is 9.27. The van der Waals surface area contributed by atoms with E-state index in [4.69, 9.17) is 25.8 Å². The third kappa shape index (κ3) is 5.37. The molecule has 2 aromatic rings. The summed E-state index contributed by atoms with van der Waals surface area (Å²) < 4.78 is 16.7. The third-order valence-electron chi connectivity index (χ3n) is 3.79. The van der Waals surface area contributed by atoms with E-state index in [-0.39, 0.29) is 12.5 Å². The number of carbonyl (C=O) groups excluding carboxylic acids is 1. The zero-order valence-corrected chi connectivity index (χ0v) is 16.0. The summed E-state index contributed by atoms with van der Waals surface area (Å²) in [6.45, 7) is 4.96. The van der Waals surface area contributed by atoms with Gasteiger partial charge in [-0.15, -0.1) is 0 Å². The number of rotatable bonds is 5. The zero-order valence-electron chi connectivity index (χ0n) is 15.3. The van der Waals surface area contributed by atoms with E-state index in [9.17, 15) is 4.79 Å². The van der Waals surface area contributed by atoms with Gasteiger partial charge in [-0.3, -0.25) is 4.79 Å². The van der Waals surface area contributed by atoms with Crippen molar-refractivity contribution in [3.63, 3.8) is 0 Å². The first-order valence-corrected chi connectivity index (χ1v) is 9.01. The van der Waals surface area contributed by atoms with Crippen LogP contribution in [0.4, 0.5) is 0 Å². The van der Waals surface area contributed by atoms with Gasteiger partial charge in [-0.2, -0.15) is 5.10 Å². The van der Waals surface area contributed by atoms with Crippen LogP contribution < -0.4 is 19.6 Å². The molecule has 7 heteroatoms. The number of ether oxygens (including phenoxy) is 3. The minimum absolute atomic E-state index is 0.123. The van der Waals surface area contributed by atoms with Crippen LogP contribution in [0, 0.1) is 13.8 Å². The molecule has 0 unspecified atom stereocenters. The number of hydrogen-bond acceptors (Lipinski definition) is 5. The highest BCUT2D eigenvalue weighted by Gasteiger charge is 2.15. The van der Waals surface area contributed by atoms with Gasteiger partial charge in [0.2, 0.25) is 0 Å². The molecule has 0 fully saturated rings. The second kappa shape index (κ2) is 8.77. The van der Waals surface area contributed by atoms with Gasteiger partial charge in [0.15, 0.2) is 18.1 Å². The molecule has 0 bridgehead atoms. The van der Waals surface area contributed by atoms with E-state index in [1.54, 1.807) is 12.1 Å². The maximum Gasteiger partial charge on any atom is 0.277 e. The van der Waals surface area contributed by atoms with Crippen LogP contribution in [0.15, 0.2) is 35.4 Å². The lowest BCUT2D eigenvalue weighted by Gasteiger charge is -2.09. The molecule has 0 saturated heterocycles. The first kappa shape index (κ1) is 19.0. The van der Waals surface area contributed by atoms with E-state index in [0.29, 0.717) is 41.0 Å². The Balaban J connectivity index is 1.56. The maximum atomic E-state index is 11.9. The second-order valence-corrected chi connectivity index (χ2v) is 6.69. The lowest BCUT2D eigenvalue weighted by molar-refractivity contribution is -0.123. The van der Waals surface area contributed by atoms with Crippen molar-refractivity contribution in [3.8, 4) is 17.2 Å². The number of hydrogen-bond donors (Lipinski definition) is 1. The van der Waals surface area contributed by atoms with Crippen molar-refractivity contribution in [1.82, 2.24) is 5.43 Å². The average Bonchev–Trinajstić information content (AvgIpc) is 2.85. The summed E-state index contributed by atoms with van der Waals surface area (Å²) in [5.74, 6) is 1.41. The first-order chi connectivity index (χ1) is 13.0. The van der Waals surface area contributed by atoms with Crippen LogP contribution in [0.5, 0.6) is 17.2 Å². The van der Waals surface area contributed by atoms with Gasteiger partial charge in [0.05, 0.1) is 24.5 Å². The molecule has 1 amide bonds. The minimum Gasteiger partial charge on any atom is -0.489 e. The van der Waals surface area contributed by atoms with E-state index in [0.717, 1.165) is 17.5 Å². The fourth-order valence-corrected chi connectivity index (χ4v) is 2.98. The fourth-order valence-electron chi connectivity index (χ4n) is 2.70. The topological polar surface area (TPSA) is 69.2 Å². The fraction of sp³-hybridized carbons (Fsp3) is 0.300. The number of benzene rings is 2. The van der Waals surface area contributed by atoms with Gasteiger partial charge in [0.1, 0.15) is 5.75 Å². The van der Waals surface area contributed by atoms with Crippen LogP contribution in [0.2, 0.25) is 5.02 Å². The van der Waals surface area contributed by atoms with Crippen molar-refractivity contribution < 1.29 is 19.0 Å². The SMILES string of the molecule is Cc1cc(C)cc(OCC(=O)N/N=C\c2cc(Cl)c3c(c2)OCCCO3)c1. The van der Waals surface area contributed by atoms with Crippen LogP contribution in [-0.4, -0.2) is 31.9 Å². The number of amides is 1. The van der Waals surface area contributed by atoms with Gasteiger partial charge in [0, 0.05) is 6.42 Å². The minimum atomic E-state index is -0.356. The number of nitrogens with one attached hydrogen (secondary N) is 1. The standard InChI is InChI=1S/C20H21ClN2O4/c1-13-6-14(2)8-16(7-13)27-12-19(24)23-22-11-15-9-17(21)20-18(10-15)25-4-3-5-26-20/h6-11H,3-5,12H2,1-2H3,(H,23,24)/b22-11-. The van der Waals surface area contributed by atoms with E-state index < -0.39 is 0 Å². The first-order valence-electron chi connectivity index (χ1n) is 8.63. The van der Waals surface area contributed by atoms with E-state index in [2.05, 4.69) is 10.5 Å². The molecule has 1 heterocycles. The summed E-state index contributed by atoms with van der Waals surface area (Å²) in [5, 5.41) is 4.39. The molecule has 0 aromatic heterocycles. The van der Waals surface area contributed by atoms with Crippen molar-refractivity contribution in [2.45, 2.75) is 20.3 Å². The van der Waals surface area contributed by atoms with Crippen LogP contribution in [-0.2, 0) is 4.79 Å². The van der Waals surface area contributed by atoms with Gasteiger partial charge in [-0.25, -0.2) is 5.43 Å². The molecule has 0 radical (unpaired) electrons. The monoisotopic (exact) mass is 388 g/mol. The molecule has 27 heavy (non-hydrogen) atoms. The zero-order chi connectivity index (χ0) is 19.2. The molecule has 0 saturated carbocycles. The van der Waals surface area contributed by atoms with E-state index in [1.165, 1.54) is 6.21 Å². The Morgan fingerprint density at radius 1 is 1.19 bits per heavy atom. The predicted molar refractivity (Wildman–Crippen MR) is 104 cm³/mol. The Morgan fingerprint density at radius 3 is 2.70 bits per heavy atom. The van der Waals surface area contributed by atoms with Gasteiger partial charge < -0.3 is 14.2 Å². The lowest BCUT2D eigenvalue weighted by Crippen LogP contribution is -2.24. The smallest absolute Gasteiger partial charge is 0.277 e. The van der Waals surface area contributed by atoms with Crippen molar-refractivity contribution in [2.75, 3.05) is 19.8 Å². The molecular weight excluding hydrogens is 368 g/mol. The molecular formula is C20H21ClN2O4.